The lowest BCUT2D eigenvalue weighted by atomic mass is 9.98. The Balaban J connectivity index is 1.72. The van der Waals surface area contributed by atoms with Crippen molar-refractivity contribution >= 4 is 5.91 Å². The highest BCUT2D eigenvalue weighted by Crippen LogP contribution is 2.20. The van der Waals surface area contributed by atoms with Crippen LogP contribution in [0.15, 0.2) is 16.9 Å². The quantitative estimate of drug-likeness (QED) is 0.819. The highest BCUT2D eigenvalue weighted by atomic mass is 16.5. The van der Waals surface area contributed by atoms with Gasteiger partial charge in [0.25, 0.3) is 11.5 Å². The summed E-state index contributed by atoms with van der Waals surface area (Å²) in [4.78, 5) is 24.0. The Bertz CT molecular complexity index is 560. The van der Waals surface area contributed by atoms with E-state index in [1.165, 1.54) is 23.8 Å². The maximum absolute atomic E-state index is 12.0. The van der Waals surface area contributed by atoms with Gasteiger partial charge in [0.1, 0.15) is 5.56 Å². The van der Waals surface area contributed by atoms with Crippen LogP contribution in [0.1, 0.15) is 54.6 Å². The lowest BCUT2D eigenvalue weighted by molar-refractivity contribution is 0.0273. The molecule has 0 bridgehead atoms. The van der Waals surface area contributed by atoms with Crippen molar-refractivity contribution in [1.29, 1.82) is 0 Å². The Hall–Kier alpha value is -1.62. The number of rotatable bonds is 6. The van der Waals surface area contributed by atoms with Crippen molar-refractivity contribution in [2.75, 3.05) is 13.2 Å². The third-order valence-corrected chi connectivity index (χ3v) is 4.31. The zero-order chi connectivity index (χ0) is 15.9. The van der Waals surface area contributed by atoms with Gasteiger partial charge >= 0.3 is 0 Å². The monoisotopic (exact) mass is 306 g/mol. The van der Waals surface area contributed by atoms with Gasteiger partial charge in [0.05, 0.1) is 6.10 Å². The number of pyridine rings is 1. The van der Waals surface area contributed by atoms with Gasteiger partial charge in [-0.05, 0) is 38.3 Å². The molecule has 0 unspecified atom stereocenters. The summed E-state index contributed by atoms with van der Waals surface area (Å²) < 4.78 is 7.30. The summed E-state index contributed by atoms with van der Waals surface area (Å²) in [5, 5.41) is 2.79. The van der Waals surface area contributed by atoms with Crippen molar-refractivity contribution in [1.82, 2.24) is 9.88 Å². The number of amides is 1. The van der Waals surface area contributed by atoms with E-state index in [1.807, 2.05) is 6.92 Å². The van der Waals surface area contributed by atoms with Gasteiger partial charge in [0, 0.05) is 25.9 Å². The lowest BCUT2D eigenvalue weighted by Gasteiger charge is -2.21. The molecule has 1 fully saturated rings. The molecule has 0 spiro atoms. The summed E-state index contributed by atoms with van der Waals surface area (Å²) in [6, 6.07) is 3.37. The molecular formula is C17H26N2O3. The highest BCUT2D eigenvalue weighted by molar-refractivity contribution is 5.93. The molecule has 0 radical (unpaired) electrons. The smallest absolute Gasteiger partial charge is 0.263 e. The molecule has 22 heavy (non-hydrogen) atoms. The lowest BCUT2D eigenvalue weighted by Crippen LogP contribution is -2.33. The molecule has 1 heterocycles. The van der Waals surface area contributed by atoms with Gasteiger partial charge in [-0.1, -0.05) is 19.3 Å². The molecule has 1 aliphatic carbocycles. The maximum Gasteiger partial charge on any atom is 0.263 e. The summed E-state index contributed by atoms with van der Waals surface area (Å²) in [6.07, 6.45) is 7.33. The largest absolute Gasteiger partial charge is 0.378 e. The van der Waals surface area contributed by atoms with Crippen LogP contribution in [0.2, 0.25) is 0 Å². The molecule has 0 aromatic carbocycles. The second kappa shape index (κ2) is 8.13. The Morgan fingerprint density at radius 1 is 1.32 bits per heavy atom. The second-order valence-corrected chi connectivity index (χ2v) is 5.99. The molecule has 0 saturated heterocycles. The summed E-state index contributed by atoms with van der Waals surface area (Å²) in [5.74, 6) is -0.307. The van der Waals surface area contributed by atoms with Crippen LogP contribution in [0.25, 0.3) is 0 Å². The summed E-state index contributed by atoms with van der Waals surface area (Å²) in [6.45, 7) is 3.03. The van der Waals surface area contributed by atoms with E-state index >= 15 is 0 Å². The Morgan fingerprint density at radius 3 is 2.77 bits per heavy atom. The topological polar surface area (TPSA) is 60.3 Å². The zero-order valence-corrected chi connectivity index (χ0v) is 13.6. The molecule has 1 aromatic rings. The van der Waals surface area contributed by atoms with Crippen LogP contribution in [-0.4, -0.2) is 29.7 Å². The Morgan fingerprint density at radius 2 is 2.05 bits per heavy atom. The molecule has 0 aliphatic heterocycles. The maximum atomic E-state index is 12.0. The van der Waals surface area contributed by atoms with E-state index in [4.69, 9.17) is 4.74 Å². The minimum absolute atomic E-state index is 0.196. The van der Waals surface area contributed by atoms with Crippen LogP contribution < -0.4 is 10.9 Å². The van der Waals surface area contributed by atoms with E-state index in [1.54, 1.807) is 19.2 Å². The van der Waals surface area contributed by atoms with E-state index < -0.39 is 0 Å². The van der Waals surface area contributed by atoms with Gasteiger partial charge in [0.2, 0.25) is 0 Å². The van der Waals surface area contributed by atoms with Crippen molar-refractivity contribution in [3.8, 4) is 0 Å². The van der Waals surface area contributed by atoms with Gasteiger partial charge in [-0.25, -0.2) is 0 Å². The molecule has 1 aliphatic rings. The molecule has 0 atom stereocenters. The van der Waals surface area contributed by atoms with Crippen molar-refractivity contribution in [3.05, 3.63) is 33.7 Å². The van der Waals surface area contributed by atoms with Crippen LogP contribution in [-0.2, 0) is 11.8 Å². The molecule has 2 rings (SSSR count). The van der Waals surface area contributed by atoms with Crippen molar-refractivity contribution in [2.24, 2.45) is 7.05 Å². The third-order valence-electron chi connectivity index (χ3n) is 4.31. The Labute approximate surface area is 131 Å². The van der Waals surface area contributed by atoms with E-state index in [-0.39, 0.29) is 17.0 Å². The fraction of sp³-hybridized carbons (Fsp3) is 0.647. The van der Waals surface area contributed by atoms with Crippen molar-refractivity contribution in [3.63, 3.8) is 0 Å². The number of nitrogens with zero attached hydrogens (tertiary/aromatic N) is 1. The van der Waals surface area contributed by atoms with Gasteiger partial charge < -0.3 is 14.6 Å². The predicted octanol–water partition coefficient (Wildman–Crippen LogP) is 2.16. The van der Waals surface area contributed by atoms with Crippen LogP contribution >= 0.6 is 0 Å². The normalized spacial score (nSPS) is 15.7. The van der Waals surface area contributed by atoms with Crippen LogP contribution in [0, 0.1) is 6.92 Å². The number of hydrogen-bond donors (Lipinski definition) is 1. The molecule has 1 aromatic heterocycles. The minimum atomic E-state index is -0.307. The summed E-state index contributed by atoms with van der Waals surface area (Å²) in [7, 11) is 1.67. The van der Waals surface area contributed by atoms with E-state index in [0.717, 1.165) is 25.0 Å². The number of carbonyl (C=O) groups is 1. The molecule has 1 amide bonds. The van der Waals surface area contributed by atoms with Gasteiger partial charge in [-0.15, -0.1) is 0 Å². The fourth-order valence-electron chi connectivity index (χ4n) is 2.75. The highest BCUT2D eigenvalue weighted by Gasteiger charge is 2.14. The molecular weight excluding hydrogens is 280 g/mol. The van der Waals surface area contributed by atoms with Crippen LogP contribution in [0.4, 0.5) is 0 Å². The SMILES string of the molecule is Cc1ccc(C(=O)NCCCOC2CCCCC2)c(=O)n1C. The standard InChI is InChI=1S/C17H26N2O3/c1-13-9-10-15(17(21)19(13)2)16(20)18-11-6-12-22-14-7-4-3-5-8-14/h9-10,14H,3-8,11-12H2,1-2H3,(H,18,20). The summed E-state index contributed by atoms with van der Waals surface area (Å²) >= 11 is 0. The van der Waals surface area contributed by atoms with Crippen LogP contribution in [0.3, 0.4) is 0 Å². The van der Waals surface area contributed by atoms with E-state index in [0.29, 0.717) is 19.3 Å². The van der Waals surface area contributed by atoms with Gasteiger partial charge in [-0.3, -0.25) is 9.59 Å². The first-order chi connectivity index (χ1) is 10.6. The molecule has 1 saturated carbocycles. The van der Waals surface area contributed by atoms with Crippen LogP contribution in [0.5, 0.6) is 0 Å². The number of ether oxygens (including phenoxy) is 1. The molecule has 122 valence electrons. The first-order valence-corrected chi connectivity index (χ1v) is 8.16. The van der Waals surface area contributed by atoms with Crippen molar-refractivity contribution in [2.45, 2.75) is 51.6 Å². The first kappa shape index (κ1) is 16.7. The van der Waals surface area contributed by atoms with E-state index in [9.17, 15) is 9.59 Å². The van der Waals surface area contributed by atoms with Gasteiger partial charge in [0.15, 0.2) is 0 Å². The number of aromatic nitrogens is 1. The number of nitrogens with one attached hydrogen (secondary N) is 1. The number of hydrogen-bond acceptors (Lipinski definition) is 3. The molecule has 1 N–H and O–H groups in total. The third kappa shape index (κ3) is 4.44. The predicted molar refractivity (Wildman–Crippen MR) is 86.2 cm³/mol. The fourth-order valence-corrected chi connectivity index (χ4v) is 2.75. The average molecular weight is 306 g/mol. The number of aryl methyl sites for hydroxylation is 1. The molecule has 5 nitrogen and oxygen atoms in total. The number of carbonyl (C=O) groups excluding carboxylic acids is 1. The minimum Gasteiger partial charge on any atom is -0.378 e. The van der Waals surface area contributed by atoms with Gasteiger partial charge in [-0.2, -0.15) is 0 Å². The second-order valence-electron chi connectivity index (χ2n) is 5.99. The van der Waals surface area contributed by atoms with Crippen molar-refractivity contribution < 1.29 is 9.53 Å². The molecule has 5 heteroatoms. The summed E-state index contributed by atoms with van der Waals surface area (Å²) in [5.41, 5.74) is 0.777. The average Bonchev–Trinajstić information content (AvgIpc) is 2.53. The first-order valence-electron chi connectivity index (χ1n) is 8.16. The van der Waals surface area contributed by atoms with E-state index in [2.05, 4.69) is 5.32 Å². The Kier molecular flexibility index (Phi) is 6.19. The zero-order valence-electron chi connectivity index (χ0n) is 13.6.